The van der Waals surface area contributed by atoms with Gasteiger partial charge in [0, 0.05) is 6.54 Å². The number of carbonyl (C=O) groups excluding carboxylic acids is 1. The summed E-state index contributed by atoms with van der Waals surface area (Å²) in [6.07, 6.45) is 0. The molecule has 0 radical (unpaired) electrons. The molecule has 2 rings (SSSR count). The van der Waals surface area contributed by atoms with Gasteiger partial charge in [-0.05, 0) is 19.1 Å². The van der Waals surface area contributed by atoms with Crippen LogP contribution >= 0.6 is 11.3 Å². The lowest BCUT2D eigenvalue weighted by molar-refractivity contribution is 0.249. The summed E-state index contributed by atoms with van der Waals surface area (Å²) < 4.78 is 1.26. The van der Waals surface area contributed by atoms with Gasteiger partial charge in [0.1, 0.15) is 0 Å². The molecular formula is C10H13N3OS. The molecule has 0 fully saturated rings. The lowest BCUT2D eigenvalue weighted by Gasteiger charge is -1.88. The molecule has 5 heteroatoms. The highest BCUT2D eigenvalue weighted by Crippen LogP contribution is 2.15. The largest absolute Gasteiger partial charge is 0.352 e. The third-order valence-electron chi connectivity index (χ3n) is 1.59. The van der Waals surface area contributed by atoms with E-state index in [9.17, 15) is 4.79 Å². The van der Waals surface area contributed by atoms with Crippen LogP contribution in [-0.4, -0.2) is 17.6 Å². The molecule has 0 unspecified atom stereocenters. The highest BCUT2D eigenvalue weighted by Gasteiger charge is 1.89. The van der Waals surface area contributed by atoms with Crippen LogP contribution in [0.15, 0.2) is 29.8 Å². The van der Waals surface area contributed by atoms with E-state index in [0.717, 1.165) is 5.52 Å². The zero-order chi connectivity index (χ0) is 11.1. The number of aromatic nitrogens is 1. The van der Waals surface area contributed by atoms with Crippen LogP contribution in [0.3, 0.4) is 0 Å². The van der Waals surface area contributed by atoms with E-state index < -0.39 is 6.03 Å². The van der Waals surface area contributed by atoms with Gasteiger partial charge in [-0.3, -0.25) is 0 Å². The van der Waals surface area contributed by atoms with Gasteiger partial charge in [0.25, 0.3) is 0 Å². The van der Waals surface area contributed by atoms with Crippen molar-refractivity contribution in [1.29, 1.82) is 0 Å². The van der Waals surface area contributed by atoms with Crippen molar-refractivity contribution in [3.05, 3.63) is 29.8 Å². The van der Waals surface area contributed by atoms with Crippen LogP contribution in [0.25, 0.3) is 10.2 Å². The number of rotatable bonds is 1. The van der Waals surface area contributed by atoms with E-state index in [4.69, 9.17) is 0 Å². The SMILES string of the molecule is CCNC(N)=O.c1ccc2scnc2c1. The zero-order valence-electron chi connectivity index (χ0n) is 8.43. The fourth-order valence-electron chi connectivity index (χ4n) is 0.978. The van der Waals surface area contributed by atoms with Gasteiger partial charge in [-0.25, -0.2) is 9.78 Å². The van der Waals surface area contributed by atoms with Crippen molar-refractivity contribution < 1.29 is 4.79 Å². The summed E-state index contributed by atoms with van der Waals surface area (Å²) in [5.41, 5.74) is 7.62. The number of hydrogen-bond acceptors (Lipinski definition) is 3. The number of thiazole rings is 1. The van der Waals surface area contributed by atoms with Crippen LogP contribution in [0.4, 0.5) is 4.79 Å². The lowest BCUT2D eigenvalue weighted by atomic mass is 10.3. The van der Waals surface area contributed by atoms with Gasteiger partial charge in [0.2, 0.25) is 0 Å². The Morgan fingerprint density at radius 1 is 1.53 bits per heavy atom. The predicted octanol–water partition coefficient (Wildman–Crippen LogP) is 1.97. The van der Waals surface area contributed by atoms with Crippen LogP contribution < -0.4 is 11.1 Å². The van der Waals surface area contributed by atoms with E-state index in [2.05, 4.69) is 22.1 Å². The van der Waals surface area contributed by atoms with Crippen molar-refractivity contribution in [1.82, 2.24) is 10.3 Å². The summed E-state index contributed by atoms with van der Waals surface area (Å²) in [6.45, 7) is 2.42. The highest BCUT2D eigenvalue weighted by molar-refractivity contribution is 7.16. The Morgan fingerprint density at radius 3 is 2.80 bits per heavy atom. The number of amides is 2. The van der Waals surface area contributed by atoms with Crippen molar-refractivity contribution in [2.75, 3.05) is 6.54 Å². The average Bonchev–Trinajstić information content (AvgIpc) is 2.65. The van der Waals surface area contributed by atoms with Gasteiger partial charge < -0.3 is 11.1 Å². The molecule has 15 heavy (non-hydrogen) atoms. The molecule has 0 aliphatic heterocycles. The van der Waals surface area contributed by atoms with Crippen molar-refractivity contribution in [3.63, 3.8) is 0 Å². The van der Waals surface area contributed by atoms with Crippen LogP contribution in [0.5, 0.6) is 0 Å². The van der Waals surface area contributed by atoms with Crippen LogP contribution in [0, 0.1) is 0 Å². The molecule has 1 aromatic heterocycles. The maximum Gasteiger partial charge on any atom is 0.312 e. The number of nitrogens with one attached hydrogen (secondary N) is 1. The first-order valence-corrected chi connectivity index (χ1v) is 5.43. The number of nitrogens with zero attached hydrogens (tertiary/aromatic N) is 1. The number of para-hydroxylation sites is 1. The molecule has 0 spiro atoms. The fourth-order valence-corrected chi connectivity index (χ4v) is 1.66. The fraction of sp³-hybridized carbons (Fsp3) is 0.200. The number of urea groups is 1. The minimum Gasteiger partial charge on any atom is -0.352 e. The van der Waals surface area contributed by atoms with Gasteiger partial charge in [0.15, 0.2) is 0 Å². The minimum atomic E-state index is -0.461. The molecule has 80 valence electrons. The zero-order valence-corrected chi connectivity index (χ0v) is 9.25. The third-order valence-corrected chi connectivity index (χ3v) is 2.40. The molecule has 0 saturated heterocycles. The van der Waals surface area contributed by atoms with Crippen molar-refractivity contribution >= 4 is 27.6 Å². The molecule has 4 nitrogen and oxygen atoms in total. The number of fused-ring (bicyclic) bond motifs is 1. The van der Waals surface area contributed by atoms with Gasteiger partial charge in [-0.1, -0.05) is 12.1 Å². The van der Waals surface area contributed by atoms with Crippen molar-refractivity contribution in [2.45, 2.75) is 6.92 Å². The summed E-state index contributed by atoms with van der Waals surface area (Å²) in [5.74, 6) is 0. The summed E-state index contributed by atoms with van der Waals surface area (Å²) in [4.78, 5) is 13.8. The number of carbonyl (C=O) groups is 1. The Morgan fingerprint density at radius 2 is 2.27 bits per heavy atom. The van der Waals surface area contributed by atoms with Crippen molar-refractivity contribution in [3.8, 4) is 0 Å². The van der Waals surface area contributed by atoms with E-state index in [1.54, 1.807) is 11.3 Å². The first-order valence-electron chi connectivity index (χ1n) is 4.55. The van der Waals surface area contributed by atoms with Crippen LogP contribution in [-0.2, 0) is 0 Å². The molecule has 1 heterocycles. The second-order valence-electron chi connectivity index (χ2n) is 2.71. The summed E-state index contributed by atoms with van der Waals surface area (Å²) >= 11 is 1.68. The quantitative estimate of drug-likeness (QED) is 0.776. The predicted molar refractivity (Wildman–Crippen MR) is 62.9 cm³/mol. The summed E-state index contributed by atoms with van der Waals surface area (Å²) in [7, 11) is 0. The maximum atomic E-state index is 9.71. The van der Waals surface area contributed by atoms with E-state index in [-0.39, 0.29) is 0 Å². The average molecular weight is 223 g/mol. The number of primary amides is 1. The minimum absolute atomic E-state index is 0.461. The molecule has 2 amide bonds. The standard InChI is InChI=1S/C7H5NS.C3H8N2O/c1-2-4-7-6(3-1)8-5-9-7;1-2-5-3(4)6/h1-5H;2H2,1H3,(H3,4,5,6). The smallest absolute Gasteiger partial charge is 0.312 e. The molecule has 0 saturated carbocycles. The van der Waals surface area contributed by atoms with E-state index in [0.29, 0.717) is 6.54 Å². The van der Waals surface area contributed by atoms with Crippen LogP contribution in [0.2, 0.25) is 0 Å². The Kier molecular flexibility index (Phi) is 4.56. The Labute approximate surface area is 92.1 Å². The first-order chi connectivity index (χ1) is 7.24. The second-order valence-corrected chi connectivity index (χ2v) is 3.60. The second kappa shape index (κ2) is 5.98. The van der Waals surface area contributed by atoms with Gasteiger partial charge >= 0.3 is 6.03 Å². The molecule has 0 bridgehead atoms. The Balaban J connectivity index is 0.000000167. The Hall–Kier alpha value is -1.62. The monoisotopic (exact) mass is 223 g/mol. The molecular weight excluding hydrogens is 210 g/mol. The molecule has 0 atom stereocenters. The molecule has 2 aromatic rings. The van der Waals surface area contributed by atoms with E-state index in [1.165, 1.54) is 4.70 Å². The van der Waals surface area contributed by atoms with E-state index in [1.807, 2.05) is 30.6 Å². The summed E-state index contributed by atoms with van der Waals surface area (Å²) in [6, 6.07) is 7.67. The molecule has 0 aliphatic carbocycles. The first kappa shape index (κ1) is 11.5. The number of benzene rings is 1. The topological polar surface area (TPSA) is 68.0 Å². The van der Waals surface area contributed by atoms with E-state index >= 15 is 0 Å². The Bertz CT molecular complexity index is 397. The third kappa shape index (κ3) is 3.95. The summed E-state index contributed by atoms with van der Waals surface area (Å²) in [5, 5.41) is 2.35. The number of hydrogen-bond donors (Lipinski definition) is 2. The molecule has 0 aliphatic rings. The maximum absolute atomic E-state index is 9.71. The van der Waals surface area contributed by atoms with Gasteiger partial charge in [0.05, 0.1) is 15.7 Å². The normalized spacial score (nSPS) is 9.13. The highest BCUT2D eigenvalue weighted by atomic mass is 32.1. The number of nitrogens with two attached hydrogens (primary N) is 1. The van der Waals surface area contributed by atoms with Crippen molar-refractivity contribution in [2.24, 2.45) is 5.73 Å². The van der Waals surface area contributed by atoms with Gasteiger partial charge in [-0.15, -0.1) is 11.3 Å². The van der Waals surface area contributed by atoms with Gasteiger partial charge in [-0.2, -0.15) is 0 Å². The lowest BCUT2D eigenvalue weighted by Crippen LogP contribution is -2.28. The van der Waals surface area contributed by atoms with Crippen LogP contribution in [0.1, 0.15) is 6.92 Å². The molecule has 1 aromatic carbocycles. The molecule has 3 N–H and O–H groups in total.